The number of amides is 2. The quantitative estimate of drug-likeness (QED) is 0.918. The summed E-state index contributed by atoms with van der Waals surface area (Å²) in [5.41, 5.74) is 0.942. The highest BCUT2D eigenvalue weighted by Crippen LogP contribution is 2.24. The number of nitrogens with one attached hydrogen (secondary N) is 1. The minimum atomic E-state index is -0.141. The fourth-order valence-electron chi connectivity index (χ4n) is 3.45. The van der Waals surface area contributed by atoms with Crippen LogP contribution >= 0.6 is 0 Å². The fraction of sp³-hybridized carbons (Fsp3) is 0.667. The molecule has 24 heavy (non-hydrogen) atoms. The van der Waals surface area contributed by atoms with Gasteiger partial charge in [0.2, 0.25) is 0 Å². The number of carbonyl (C=O) groups excluding carboxylic acids is 1. The molecule has 1 N–H and O–H groups in total. The Balaban J connectivity index is 1.43. The first kappa shape index (κ1) is 17.2. The van der Waals surface area contributed by atoms with Crippen molar-refractivity contribution in [3.8, 4) is 0 Å². The number of hydrogen-bond acceptors (Lipinski definition) is 4. The van der Waals surface area contributed by atoms with Crippen LogP contribution in [-0.2, 0) is 11.3 Å². The van der Waals surface area contributed by atoms with Gasteiger partial charge in [-0.15, -0.1) is 0 Å². The van der Waals surface area contributed by atoms with Gasteiger partial charge in [-0.1, -0.05) is 6.07 Å². The lowest BCUT2D eigenvalue weighted by Crippen LogP contribution is -2.55. The van der Waals surface area contributed by atoms with Crippen molar-refractivity contribution in [3.63, 3.8) is 0 Å². The van der Waals surface area contributed by atoms with Crippen LogP contribution in [0.15, 0.2) is 24.4 Å². The number of aromatic nitrogens is 1. The molecule has 1 unspecified atom stereocenters. The molecule has 1 aromatic rings. The molecule has 0 saturated carbocycles. The number of pyridine rings is 1. The Kier molecular flexibility index (Phi) is 5.36. The molecule has 132 valence electrons. The molecule has 6 nitrogen and oxygen atoms in total. The summed E-state index contributed by atoms with van der Waals surface area (Å²) in [6.45, 7) is 9.06. The third kappa shape index (κ3) is 4.68. The van der Waals surface area contributed by atoms with Crippen molar-refractivity contribution < 1.29 is 9.53 Å². The third-order valence-electron chi connectivity index (χ3n) is 4.80. The van der Waals surface area contributed by atoms with Crippen LogP contribution in [0.1, 0.15) is 32.4 Å². The maximum atomic E-state index is 12.5. The normalized spacial score (nSPS) is 24.6. The van der Waals surface area contributed by atoms with E-state index in [4.69, 9.17) is 4.74 Å². The molecular weight excluding hydrogens is 304 g/mol. The molecule has 0 spiro atoms. The maximum absolute atomic E-state index is 12.5. The van der Waals surface area contributed by atoms with Crippen LogP contribution in [0.2, 0.25) is 0 Å². The largest absolute Gasteiger partial charge is 0.375 e. The van der Waals surface area contributed by atoms with Gasteiger partial charge in [0.05, 0.1) is 11.3 Å². The Morgan fingerprint density at radius 1 is 1.33 bits per heavy atom. The van der Waals surface area contributed by atoms with Crippen LogP contribution in [0.4, 0.5) is 4.79 Å². The third-order valence-corrected chi connectivity index (χ3v) is 4.80. The molecule has 2 aliphatic heterocycles. The minimum Gasteiger partial charge on any atom is -0.375 e. The number of piperazine rings is 1. The molecule has 3 rings (SSSR count). The van der Waals surface area contributed by atoms with Gasteiger partial charge in [-0.2, -0.15) is 0 Å². The predicted octanol–water partition coefficient (Wildman–Crippen LogP) is 1.87. The predicted molar refractivity (Wildman–Crippen MR) is 92.7 cm³/mol. The SMILES string of the molecule is CC1(C)CC(NC(=O)N2CCN(Cc3ccccn3)CC2)CCO1. The summed E-state index contributed by atoms with van der Waals surface area (Å²) in [6, 6.07) is 6.28. The summed E-state index contributed by atoms with van der Waals surface area (Å²) in [4.78, 5) is 21.1. The zero-order valence-electron chi connectivity index (χ0n) is 14.7. The lowest BCUT2D eigenvalue weighted by molar-refractivity contribution is -0.0616. The van der Waals surface area contributed by atoms with Crippen molar-refractivity contribution in [2.45, 2.75) is 44.9 Å². The van der Waals surface area contributed by atoms with Gasteiger partial charge < -0.3 is 15.0 Å². The zero-order chi connectivity index (χ0) is 17.0. The summed E-state index contributed by atoms with van der Waals surface area (Å²) < 4.78 is 5.72. The van der Waals surface area contributed by atoms with Crippen LogP contribution in [0, 0.1) is 0 Å². The summed E-state index contributed by atoms with van der Waals surface area (Å²) in [5, 5.41) is 3.18. The summed E-state index contributed by atoms with van der Waals surface area (Å²) >= 11 is 0. The number of hydrogen-bond donors (Lipinski definition) is 1. The molecule has 0 aliphatic carbocycles. The van der Waals surface area contributed by atoms with Gasteiger partial charge in [0.1, 0.15) is 0 Å². The first-order valence-electron chi connectivity index (χ1n) is 8.83. The Hall–Kier alpha value is -1.66. The van der Waals surface area contributed by atoms with E-state index in [-0.39, 0.29) is 17.7 Å². The van der Waals surface area contributed by atoms with Crippen molar-refractivity contribution in [2.75, 3.05) is 32.8 Å². The Bertz CT molecular complexity index is 541. The van der Waals surface area contributed by atoms with E-state index in [1.165, 1.54) is 0 Å². The first-order valence-corrected chi connectivity index (χ1v) is 8.83. The lowest BCUT2D eigenvalue weighted by Gasteiger charge is -2.38. The van der Waals surface area contributed by atoms with Gasteiger partial charge in [0, 0.05) is 51.6 Å². The highest BCUT2D eigenvalue weighted by molar-refractivity contribution is 5.74. The molecular formula is C18H28N4O2. The van der Waals surface area contributed by atoms with Crippen molar-refractivity contribution in [2.24, 2.45) is 0 Å². The number of ether oxygens (including phenoxy) is 1. The second-order valence-electron chi connectivity index (χ2n) is 7.33. The molecule has 2 aliphatic rings. The van der Waals surface area contributed by atoms with Crippen LogP contribution in [-0.4, -0.2) is 65.2 Å². The van der Waals surface area contributed by atoms with E-state index >= 15 is 0 Å². The highest BCUT2D eigenvalue weighted by Gasteiger charge is 2.31. The van der Waals surface area contributed by atoms with Crippen molar-refractivity contribution in [1.82, 2.24) is 20.1 Å². The van der Waals surface area contributed by atoms with Gasteiger partial charge in [0.15, 0.2) is 0 Å². The number of carbonyl (C=O) groups is 1. The van der Waals surface area contributed by atoms with Crippen molar-refractivity contribution in [1.29, 1.82) is 0 Å². The van der Waals surface area contributed by atoms with Crippen molar-refractivity contribution >= 4 is 6.03 Å². The van der Waals surface area contributed by atoms with E-state index < -0.39 is 0 Å². The van der Waals surface area contributed by atoms with E-state index in [9.17, 15) is 4.79 Å². The molecule has 2 amide bonds. The van der Waals surface area contributed by atoms with Gasteiger partial charge in [0.25, 0.3) is 0 Å². The number of rotatable bonds is 3. The monoisotopic (exact) mass is 332 g/mol. The van der Waals surface area contributed by atoms with E-state index in [2.05, 4.69) is 29.0 Å². The van der Waals surface area contributed by atoms with Gasteiger partial charge in [-0.05, 0) is 38.8 Å². The van der Waals surface area contributed by atoms with Gasteiger partial charge >= 0.3 is 6.03 Å². The highest BCUT2D eigenvalue weighted by atomic mass is 16.5. The van der Waals surface area contributed by atoms with E-state index in [0.29, 0.717) is 0 Å². The average Bonchev–Trinajstić information content (AvgIpc) is 2.55. The Morgan fingerprint density at radius 3 is 2.79 bits per heavy atom. The standard InChI is InChI=1S/C18H28N4O2/c1-18(2)13-15(6-12-24-18)20-17(23)22-10-8-21(9-11-22)14-16-5-3-4-7-19-16/h3-5,7,15H,6,8-14H2,1-2H3,(H,20,23). The molecule has 0 radical (unpaired) electrons. The molecule has 6 heteroatoms. The molecule has 3 heterocycles. The van der Waals surface area contributed by atoms with Crippen LogP contribution in [0.5, 0.6) is 0 Å². The van der Waals surface area contributed by atoms with Crippen molar-refractivity contribution in [3.05, 3.63) is 30.1 Å². The molecule has 0 aromatic carbocycles. The van der Waals surface area contributed by atoms with Crippen LogP contribution in [0.3, 0.4) is 0 Å². The fourth-order valence-corrected chi connectivity index (χ4v) is 3.45. The van der Waals surface area contributed by atoms with Crippen LogP contribution < -0.4 is 5.32 Å². The van der Waals surface area contributed by atoms with Gasteiger partial charge in [-0.3, -0.25) is 9.88 Å². The summed E-state index contributed by atoms with van der Waals surface area (Å²) in [5.74, 6) is 0. The Labute approximate surface area is 144 Å². The van der Waals surface area contributed by atoms with E-state index in [1.54, 1.807) is 0 Å². The molecule has 2 fully saturated rings. The molecule has 2 saturated heterocycles. The zero-order valence-corrected chi connectivity index (χ0v) is 14.7. The summed E-state index contributed by atoms with van der Waals surface area (Å²) in [7, 11) is 0. The Morgan fingerprint density at radius 2 is 2.12 bits per heavy atom. The second kappa shape index (κ2) is 7.49. The van der Waals surface area contributed by atoms with E-state index in [1.807, 2.05) is 29.3 Å². The smallest absolute Gasteiger partial charge is 0.317 e. The summed E-state index contributed by atoms with van der Waals surface area (Å²) in [6.07, 6.45) is 3.60. The van der Waals surface area contributed by atoms with Gasteiger partial charge in [-0.25, -0.2) is 4.79 Å². The number of urea groups is 1. The average molecular weight is 332 g/mol. The first-order chi connectivity index (χ1) is 11.5. The number of nitrogens with zero attached hydrogens (tertiary/aromatic N) is 3. The van der Waals surface area contributed by atoms with Crippen LogP contribution in [0.25, 0.3) is 0 Å². The minimum absolute atomic E-state index is 0.0650. The molecule has 1 atom stereocenters. The van der Waals surface area contributed by atoms with E-state index in [0.717, 1.165) is 57.9 Å². The lowest BCUT2D eigenvalue weighted by atomic mass is 9.94. The topological polar surface area (TPSA) is 57.7 Å². The maximum Gasteiger partial charge on any atom is 0.317 e. The second-order valence-corrected chi connectivity index (χ2v) is 7.33. The molecule has 0 bridgehead atoms. The molecule has 1 aromatic heterocycles.